The van der Waals surface area contributed by atoms with Crippen LogP contribution in [0.25, 0.3) is 0 Å². The predicted octanol–water partition coefficient (Wildman–Crippen LogP) is 3.60. The third kappa shape index (κ3) is 5.60. The first kappa shape index (κ1) is 20.0. The summed E-state index contributed by atoms with van der Waals surface area (Å²) < 4.78 is 0. The highest BCUT2D eigenvalue weighted by Gasteiger charge is 2.45. The number of hydrogen-bond donors (Lipinski definition) is 1. The van der Waals surface area contributed by atoms with Gasteiger partial charge in [0, 0.05) is 45.3 Å². The van der Waals surface area contributed by atoms with Gasteiger partial charge in [0.05, 0.1) is 0 Å². The van der Waals surface area contributed by atoms with Gasteiger partial charge in [-0.15, -0.1) is 0 Å². The summed E-state index contributed by atoms with van der Waals surface area (Å²) in [6.45, 7) is 19.8. The quantitative estimate of drug-likeness (QED) is 0.689. The normalized spacial score (nSPS) is 29.0. The molecule has 0 aromatic heterocycles. The second-order valence-electron chi connectivity index (χ2n) is 10.0. The van der Waals surface area contributed by atoms with Gasteiger partial charge in [0.2, 0.25) is 0 Å². The molecule has 0 amide bonds. The summed E-state index contributed by atoms with van der Waals surface area (Å²) in [5.41, 5.74) is 1.16. The Bertz CT molecular complexity index is 417. The Morgan fingerprint density at radius 1 is 0.800 bits per heavy atom. The van der Waals surface area contributed by atoms with Gasteiger partial charge in [0.15, 0.2) is 0 Å². The van der Waals surface area contributed by atoms with Crippen molar-refractivity contribution in [1.29, 1.82) is 0 Å². The van der Waals surface area contributed by atoms with Crippen LogP contribution in [0.4, 0.5) is 0 Å². The smallest absolute Gasteiger partial charge is 0.0113 e. The fourth-order valence-electron chi connectivity index (χ4n) is 5.09. The number of piperazine rings is 1. The van der Waals surface area contributed by atoms with E-state index in [1.165, 1.54) is 84.5 Å². The SMILES string of the molecule is CC(S)CC1(CN2CCC(C)(CN3CCN(C(C)C)CC3)CC2)CC1. The largest absolute Gasteiger partial charge is 0.303 e. The second-order valence-corrected chi connectivity index (χ2v) is 10.9. The molecule has 1 aliphatic carbocycles. The highest BCUT2D eigenvalue weighted by atomic mass is 32.1. The highest BCUT2D eigenvalue weighted by Crippen LogP contribution is 2.51. The molecule has 0 spiro atoms. The van der Waals surface area contributed by atoms with Gasteiger partial charge >= 0.3 is 0 Å². The zero-order valence-corrected chi connectivity index (χ0v) is 18.0. The van der Waals surface area contributed by atoms with E-state index in [0.717, 1.165) is 0 Å². The molecule has 3 aliphatic rings. The predicted molar refractivity (Wildman–Crippen MR) is 112 cm³/mol. The summed E-state index contributed by atoms with van der Waals surface area (Å²) in [5.74, 6) is 0. The van der Waals surface area contributed by atoms with Gasteiger partial charge in [-0.05, 0) is 75.1 Å². The van der Waals surface area contributed by atoms with Crippen LogP contribution in [0.3, 0.4) is 0 Å². The Kier molecular flexibility index (Phi) is 6.46. The molecule has 3 rings (SSSR count). The number of nitrogens with zero attached hydrogens (tertiary/aromatic N) is 3. The standard InChI is InChI=1S/C21H41N3S/c1-18(2)24-13-11-23(12-14-24)16-20(4)7-9-22(10-8-20)17-21(5-6-21)15-19(3)25/h18-19,25H,5-17H2,1-4H3. The summed E-state index contributed by atoms with van der Waals surface area (Å²) in [7, 11) is 0. The number of hydrogen-bond acceptors (Lipinski definition) is 4. The molecule has 0 radical (unpaired) electrons. The minimum atomic E-state index is 0.532. The van der Waals surface area contributed by atoms with Crippen LogP contribution >= 0.6 is 12.6 Å². The van der Waals surface area contributed by atoms with E-state index in [9.17, 15) is 0 Å². The zero-order chi connectivity index (χ0) is 18.1. The van der Waals surface area contributed by atoms with Crippen LogP contribution in [0.5, 0.6) is 0 Å². The molecule has 146 valence electrons. The van der Waals surface area contributed by atoms with E-state index in [1.807, 2.05) is 0 Å². The number of thiol groups is 1. The van der Waals surface area contributed by atoms with Crippen molar-refractivity contribution >= 4 is 12.6 Å². The monoisotopic (exact) mass is 367 g/mol. The molecule has 25 heavy (non-hydrogen) atoms. The van der Waals surface area contributed by atoms with E-state index in [1.54, 1.807) is 0 Å². The maximum absolute atomic E-state index is 4.64. The van der Waals surface area contributed by atoms with E-state index in [2.05, 4.69) is 55.0 Å². The molecular formula is C21H41N3S. The fourth-order valence-corrected chi connectivity index (χ4v) is 5.48. The molecule has 0 N–H and O–H groups in total. The number of likely N-dealkylation sites (tertiary alicyclic amines) is 1. The molecule has 4 heteroatoms. The Balaban J connectivity index is 1.41. The lowest BCUT2D eigenvalue weighted by Crippen LogP contribution is -2.53. The van der Waals surface area contributed by atoms with Crippen LogP contribution in [-0.2, 0) is 0 Å². The lowest BCUT2D eigenvalue weighted by atomic mass is 9.79. The van der Waals surface area contributed by atoms with E-state index < -0.39 is 0 Å². The average Bonchev–Trinajstić information content (AvgIpc) is 3.28. The van der Waals surface area contributed by atoms with Crippen LogP contribution < -0.4 is 0 Å². The van der Waals surface area contributed by atoms with E-state index in [4.69, 9.17) is 0 Å². The van der Waals surface area contributed by atoms with Crippen LogP contribution in [0.1, 0.15) is 59.8 Å². The fraction of sp³-hybridized carbons (Fsp3) is 1.00. The van der Waals surface area contributed by atoms with Crippen molar-refractivity contribution in [3.05, 3.63) is 0 Å². The van der Waals surface area contributed by atoms with E-state index in [0.29, 0.717) is 22.1 Å². The Morgan fingerprint density at radius 3 is 1.84 bits per heavy atom. The maximum Gasteiger partial charge on any atom is 0.0113 e. The van der Waals surface area contributed by atoms with Crippen LogP contribution in [-0.4, -0.2) is 78.3 Å². The van der Waals surface area contributed by atoms with Crippen molar-refractivity contribution in [2.24, 2.45) is 10.8 Å². The molecule has 2 heterocycles. The van der Waals surface area contributed by atoms with E-state index in [-0.39, 0.29) is 0 Å². The third-order valence-corrected chi connectivity index (χ3v) is 7.23. The first-order valence-electron chi connectivity index (χ1n) is 10.7. The van der Waals surface area contributed by atoms with Crippen molar-refractivity contribution in [1.82, 2.24) is 14.7 Å². The van der Waals surface area contributed by atoms with Crippen molar-refractivity contribution in [2.45, 2.75) is 71.1 Å². The minimum absolute atomic E-state index is 0.532. The Hall–Kier alpha value is 0.230. The summed E-state index contributed by atoms with van der Waals surface area (Å²) in [4.78, 5) is 8.13. The summed E-state index contributed by atoms with van der Waals surface area (Å²) >= 11 is 4.64. The molecule has 3 nitrogen and oxygen atoms in total. The van der Waals surface area contributed by atoms with Gasteiger partial charge in [-0.2, -0.15) is 12.6 Å². The van der Waals surface area contributed by atoms with Gasteiger partial charge in [-0.25, -0.2) is 0 Å². The molecule has 3 fully saturated rings. The molecule has 0 bridgehead atoms. The lowest BCUT2D eigenvalue weighted by molar-refractivity contribution is 0.0368. The van der Waals surface area contributed by atoms with Crippen molar-refractivity contribution in [2.75, 3.05) is 52.4 Å². The van der Waals surface area contributed by atoms with E-state index >= 15 is 0 Å². The Labute approximate surface area is 161 Å². The van der Waals surface area contributed by atoms with Crippen molar-refractivity contribution in [3.63, 3.8) is 0 Å². The van der Waals surface area contributed by atoms with Gasteiger partial charge in [0.25, 0.3) is 0 Å². The molecule has 1 saturated carbocycles. The van der Waals surface area contributed by atoms with Crippen LogP contribution in [0.15, 0.2) is 0 Å². The molecular weight excluding hydrogens is 326 g/mol. The average molecular weight is 368 g/mol. The minimum Gasteiger partial charge on any atom is -0.303 e. The molecule has 1 atom stereocenters. The Morgan fingerprint density at radius 2 is 1.36 bits per heavy atom. The van der Waals surface area contributed by atoms with Gasteiger partial charge in [0.1, 0.15) is 0 Å². The van der Waals surface area contributed by atoms with Gasteiger partial charge in [-0.1, -0.05) is 13.8 Å². The van der Waals surface area contributed by atoms with Gasteiger partial charge in [-0.3, -0.25) is 4.90 Å². The van der Waals surface area contributed by atoms with Crippen LogP contribution in [0.2, 0.25) is 0 Å². The third-order valence-electron chi connectivity index (χ3n) is 7.05. The van der Waals surface area contributed by atoms with Gasteiger partial charge < -0.3 is 9.80 Å². The molecule has 1 unspecified atom stereocenters. The number of rotatable bonds is 7. The topological polar surface area (TPSA) is 9.72 Å². The summed E-state index contributed by atoms with van der Waals surface area (Å²) in [6.07, 6.45) is 6.94. The summed E-state index contributed by atoms with van der Waals surface area (Å²) in [6, 6.07) is 0.704. The second kappa shape index (κ2) is 8.08. The maximum atomic E-state index is 4.64. The van der Waals surface area contributed by atoms with Crippen molar-refractivity contribution < 1.29 is 0 Å². The number of piperidine rings is 1. The first-order valence-corrected chi connectivity index (χ1v) is 11.2. The van der Waals surface area contributed by atoms with Crippen molar-refractivity contribution in [3.8, 4) is 0 Å². The molecule has 0 aromatic rings. The molecule has 0 aromatic carbocycles. The lowest BCUT2D eigenvalue weighted by Gasteiger charge is -2.45. The van der Waals surface area contributed by atoms with Crippen LogP contribution in [0, 0.1) is 10.8 Å². The highest BCUT2D eigenvalue weighted by molar-refractivity contribution is 7.80. The first-order chi connectivity index (χ1) is 11.8. The zero-order valence-electron chi connectivity index (χ0n) is 17.1. The summed E-state index contributed by atoms with van der Waals surface area (Å²) in [5, 5.41) is 0.557. The molecule has 2 aliphatic heterocycles. The molecule has 2 saturated heterocycles.